The average molecular weight is 185 g/mol. The zero-order valence-electron chi connectivity index (χ0n) is 7.69. The molecule has 0 aromatic heterocycles. The Morgan fingerprint density at radius 2 is 2.23 bits per heavy atom. The van der Waals surface area contributed by atoms with Crippen LogP contribution in [0.5, 0.6) is 0 Å². The van der Waals surface area contributed by atoms with E-state index in [2.05, 4.69) is 5.32 Å². The van der Waals surface area contributed by atoms with Crippen LogP contribution in [0.3, 0.4) is 0 Å². The van der Waals surface area contributed by atoms with Gasteiger partial charge >= 0.3 is 0 Å². The molecule has 2 aliphatic rings. The largest absolute Gasteiger partial charge is 0.394 e. The molecule has 1 saturated carbocycles. The highest BCUT2D eigenvalue weighted by Gasteiger charge is 2.57. The van der Waals surface area contributed by atoms with Crippen LogP contribution in [-0.4, -0.2) is 36.9 Å². The fraction of sp³-hybridized carbons (Fsp3) is 0.889. The van der Waals surface area contributed by atoms with Crippen molar-refractivity contribution in [3.8, 4) is 0 Å². The third kappa shape index (κ3) is 1.56. The Morgan fingerprint density at radius 3 is 2.77 bits per heavy atom. The van der Waals surface area contributed by atoms with Gasteiger partial charge in [-0.2, -0.15) is 0 Å². The van der Waals surface area contributed by atoms with Gasteiger partial charge in [-0.15, -0.1) is 0 Å². The van der Waals surface area contributed by atoms with Crippen LogP contribution in [0.15, 0.2) is 0 Å². The van der Waals surface area contributed by atoms with Gasteiger partial charge in [0.1, 0.15) is 0 Å². The van der Waals surface area contributed by atoms with Gasteiger partial charge in [-0.1, -0.05) is 0 Å². The predicted octanol–water partition coefficient (Wildman–Crippen LogP) is -0.624. The zero-order valence-corrected chi connectivity index (χ0v) is 7.69. The maximum absolute atomic E-state index is 11.5. The van der Waals surface area contributed by atoms with Crippen LogP contribution < -0.4 is 5.32 Å². The number of ether oxygens (including phenoxy) is 1. The summed E-state index contributed by atoms with van der Waals surface area (Å²) in [6.07, 6.45) is 0. The Balaban J connectivity index is 1.80. The molecule has 1 saturated heterocycles. The number of hydrogen-bond acceptors (Lipinski definition) is 3. The van der Waals surface area contributed by atoms with Gasteiger partial charge in [0, 0.05) is 12.0 Å². The molecule has 74 valence electrons. The summed E-state index contributed by atoms with van der Waals surface area (Å²) in [5.74, 6) is 1.14. The predicted molar refractivity (Wildman–Crippen MR) is 46.0 cm³/mol. The van der Waals surface area contributed by atoms with E-state index in [1.165, 1.54) is 0 Å². The number of nitrogens with one attached hydrogen (secondary N) is 1. The Morgan fingerprint density at radius 1 is 1.62 bits per heavy atom. The van der Waals surface area contributed by atoms with E-state index in [9.17, 15) is 4.79 Å². The molecule has 0 bridgehead atoms. The number of fused-ring (bicyclic) bond motifs is 1. The summed E-state index contributed by atoms with van der Waals surface area (Å²) in [7, 11) is 0. The molecule has 2 rings (SSSR count). The molecule has 1 heterocycles. The van der Waals surface area contributed by atoms with Crippen LogP contribution in [0.2, 0.25) is 0 Å². The SMILES string of the molecule is CC(CO)NC(=O)C1C2COCC21. The number of aliphatic hydroxyl groups excluding tert-OH is 1. The van der Waals surface area contributed by atoms with Gasteiger partial charge in [0.05, 0.1) is 19.8 Å². The van der Waals surface area contributed by atoms with E-state index < -0.39 is 0 Å². The van der Waals surface area contributed by atoms with Gasteiger partial charge in [-0.25, -0.2) is 0 Å². The lowest BCUT2D eigenvalue weighted by Gasteiger charge is -2.11. The first kappa shape index (κ1) is 8.97. The first-order valence-corrected chi connectivity index (χ1v) is 4.73. The lowest BCUT2D eigenvalue weighted by atomic mass is 10.2. The van der Waals surface area contributed by atoms with Crippen LogP contribution in [-0.2, 0) is 9.53 Å². The summed E-state index contributed by atoms with van der Waals surface area (Å²) in [5.41, 5.74) is 0. The summed E-state index contributed by atoms with van der Waals surface area (Å²) in [4.78, 5) is 11.5. The van der Waals surface area contributed by atoms with Crippen molar-refractivity contribution in [3.63, 3.8) is 0 Å². The van der Waals surface area contributed by atoms with E-state index in [1.54, 1.807) is 6.92 Å². The highest BCUT2D eigenvalue weighted by molar-refractivity contribution is 5.82. The van der Waals surface area contributed by atoms with Crippen molar-refractivity contribution < 1.29 is 14.6 Å². The normalized spacial score (nSPS) is 38.2. The Kier molecular flexibility index (Phi) is 2.26. The number of carbonyl (C=O) groups is 1. The molecule has 2 N–H and O–H groups in total. The van der Waals surface area contributed by atoms with Crippen molar-refractivity contribution in [1.82, 2.24) is 5.32 Å². The lowest BCUT2D eigenvalue weighted by Crippen LogP contribution is -2.37. The van der Waals surface area contributed by atoms with E-state index in [0.717, 1.165) is 13.2 Å². The summed E-state index contributed by atoms with van der Waals surface area (Å²) in [5, 5.41) is 11.5. The summed E-state index contributed by atoms with van der Waals surface area (Å²) in [6, 6.07) is -0.130. The first-order chi connectivity index (χ1) is 6.24. The molecule has 2 fully saturated rings. The molecule has 1 aliphatic heterocycles. The topological polar surface area (TPSA) is 58.6 Å². The van der Waals surface area contributed by atoms with Crippen molar-refractivity contribution in [2.24, 2.45) is 17.8 Å². The molecule has 3 atom stereocenters. The van der Waals surface area contributed by atoms with E-state index in [4.69, 9.17) is 9.84 Å². The summed E-state index contributed by atoms with van der Waals surface area (Å²) in [6.45, 7) is 3.27. The second-order valence-electron chi connectivity index (χ2n) is 3.98. The van der Waals surface area contributed by atoms with Crippen LogP contribution in [0, 0.1) is 17.8 Å². The number of hydrogen-bond donors (Lipinski definition) is 2. The van der Waals surface area contributed by atoms with Crippen molar-refractivity contribution in [3.05, 3.63) is 0 Å². The molecular weight excluding hydrogens is 170 g/mol. The second kappa shape index (κ2) is 3.27. The quantitative estimate of drug-likeness (QED) is 0.616. The number of aliphatic hydroxyl groups is 1. The third-order valence-electron chi connectivity index (χ3n) is 2.92. The average Bonchev–Trinajstić information content (AvgIpc) is 2.61. The molecule has 3 unspecified atom stereocenters. The zero-order chi connectivity index (χ0) is 9.42. The highest BCUT2D eigenvalue weighted by atomic mass is 16.5. The number of rotatable bonds is 3. The molecule has 4 heteroatoms. The first-order valence-electron chi connectivity index (χ1n) is 4.73. The van der Waals surface area contributed by atoms with Crippen molar-refractivity contribution in [1.29, 1.82) is 0 Å². The Hall–Kier alpha value is -0.610. The molecule has 4 nitrogen and oxygen atoms in total. The summed E-state index contributed by atoms with van der Waals surface area (Å²) >= 11 is 0. The minimum atomic E-state index is -0.130. The van der Waals surface area contributed by atoms with E-state index in [0.29, 0.717) is 11.8 Å². The number of carbonyl (C=O) groups excluding carboxylic acids is 1. The van der Waals surface area contributed by atoms with Crippen LogP contribution in [0.4, 0.5) is 0 Å². The molecule has 13 heavy (non-hydrogen) atoms. The lowest BCUT2D eigenvalue weighted by molar-refractivity contribution is -0.124. The molecular formula is C9H15NO3. The smallest absolute Gasteiger partial charge is 0.224 e. The molecule has 0 aromatic carbocycles. The van der Waals surface area contributed by atoms with Crippen molar-refractivity contribution >= 4 is 5.91 Å². The monoisotopic (exact) mass is 185 g/mol. The molecule has 1 aliphatic carbocycles. The standard InChI is InChI=1S/C9H15NO3/c1-5(2-11)10-9(12)8-6-3-13-4-7(6)8/h5-8,11H,2-4H2,1H3,(H,10,12). The maximum Gasteiger partial charge on any atom is 0.224 e. The molecule has 0 aromatic rings. The number of amides is 1. The van der Waals surface area contributed by atoms with Crippen molar-refractivity contribution in [2.75, 3.05) is 19.8 Å². The van der Waals surface area contributed by atoms with Crippen LogP contribution in [0.1, 0.15) is 6.92 Å². The molecule has 0 radical (unpaired) electrons. The van der Waals surface area contributed by atoms with Gasteiger partial charge in [0.2, 0.25) is 5.91 Å². The fourth-order valence-corrected chi connectivity index (χ4v) is 2.01. The van der Waals surface area contributed by atoms with Gasteiger partial charge in [-0.05, 0) is 18.8 Å². The van der Waals surface area contributed by atoms with E-state index >= 15 is 0 Å². The molecule has 1 amide bonds. The highest BCUT2D eigenvalue weighted by Crippen LogP contribution is 2.50. The Bertz CT molecular complexity index is 209. The second-order valence-corrected chi connectivity index (χ2v) is 3.98. The molecule has 0 spiro atoms. The van der Waals surface area contributed by atoms with Gasteiger partial charge < -0.3 is 15.2 Å². The van der Waals surface area contributed by atoms with Gasteiger partial charge in [0.15, 0.2) is 0 Å². The van der Waals surface area contributed by atoms with Gasteiger partial charge in [-0.3, -0.25) is 4.79 Å². The fourth-order valence-electron chi connectivity index (χ4n) is 2.01. The van der Waals surface area contributed by atoms with Crippen LogP contribution in [0.25, 0.3) is 0 Å². The maximum atomic E-state index is 11.5. The third-order valence-corrected chi connectivity index (χ3v) is 2.92. The van der Waals surface area contributed by atoms with Gasteiger partial charge in [0.25, 0.3) is 0 Å². The minimum absolute atomic E-state index is 0.00426. The van der Waals surface area contributed by atoms with Crippen molar-refractivity contribution in [2.45, 2.75) is 13.0 Å². The van der Waals surface area contributed by atoms with E-state index in [-0.39, 0.29) is 24.5 Å². The Labute approximate surface area is 77.3 Å². The van der Waals surface area contributed by atoms with E-state index in [1.807, 2.05) is 0 Å². The minimum Gasteiger partial charge on any atom is -0.394 e. The summed E-state index contributed by atoms with van der Waals surface area (Å²) < 4.78 is 5.19. The van der Waals surface area contributed by atoms with Crippen LogP contribution >= 0.6 is 0 Å².